The fourth-order valence-corrected chi connectivity index (χ4v) is 3.20. The number of nitrogens with zero attached hydrogens (tertiary/aromatic N) is 2. The summed E-state index contributed by atoms with van der Waals surface area (Å²) in [7, 11) is 0. The summed E-state index contributed by atoms with van der Waals surface area (Å²) in [6, 6.07) is 1.81. The first-order valence-corrected chi connectivity index (χ1v) is 7.70. The minimum Gasteiger partial charge on any atom is -0.377 e. The topological polar surface area (TPSA) is 35.0 Å². The van der Waals surface area contributed by atoms with Crippen LogP contribution in [0, 0.1) is 0 Å². The zero-order chi connectivity index (χ0) is 11.4. The van der Waals surface area contributed by atoms with E-state index in [0.717, 1.165) is 29.0 Å². The summed E-state index contributed by atoms with van der Waals surface area (Å²) in [5.74, 6) is 0.946. The van der Waals surface area contributed by atoms with Crippen molar-refractivity contribution in [3.05, 3.63) is 11.2 Å². The minimum absolute atomic E-state index is 0.372. The Morgan fingerprint density at radius 2 is 2.44 bits per heavy atom. The first-order valence-electron chi connectivity index (χ1n) is 5.11. The molecule has 2 heterocycles. The maximum atomic E-state index is 5.92. The molecule has 1 saturated heterocycles. The van der Waals surface area contributed by atoms with E-state index in [1.807, 2.05) is 6.26 Å². The van der Waals surface area contributed by atoms with Crippen molar-refractivity contribution in [3.63, 3.8) is 0 Å². The molecule has 1 atom stereocenters. The SMILES string of the molecule is CSc1nc(Cl)cc(SCC2CCCO2)n1. The average molecular weight is 277 g/mol. The molecule has 6 heteroatoms. The van der Waals surface area contributed by atoms with E-state index in [0.29, 0.717) is 11.3 Å². The molecule has 0 radical (unpaired) electrons. The third-order valence-electron chi connectivity index (χ3n) is 2.27. The van der Waals surface area contributed by atoms with Crippen LogP contribution < -0.4 is 0 Å². The number of hydrogen-bond acceptors (Lipinski definition) is 5. The third-order valence-corrected chi connectivity index (χ3v) is 4.06. The van der Waals surface area contributed by atoms with Crippen molar-refractivity contribution in [1.29, 1.82) is 0 Å². The molecule has 0 saturated carbocycles. The van der Waals surface area contributed by atoms with E-state index in [2.05, 4.69) is 9.97 Å². The predicted molar refractivity (Wildman–Crippen MR) is 68.5 cm³/mol. The van der Waals surface area contributed by atoms with Crippen LogP contribution >= 0.6 is 35.1 Å². The number of halogens is 1. The second-order valence-corrected chi connectivity index (χ2v) is 5.66. The van der Waals surface area contributed by atoms with Crippen LogP contribution in [0.5, 0.6) is 0 Å². The fraction of sp³-hybridized carbons (Fsp3) is 0.600. The highest BCUT2D eigenvalue weighted by Crippen LogP contribution is 2.25. The smallest absolute Gasteiger partial charge is 0.189 e. The van der Waals surface area contributed by atoms with Gasteiger partial charge < -0.3 is 4.74 Å². The van der Waals surface area contributed by atoms with Gasteiger partial charge in [-0.15, -0.1) is 11.8 Å². The van der Waals surface area contributed by atoms with Gasteiger partial charge in [-0.25, -0.2) is 9.97 Å². The molecule has 16 heavy (non-hydrogen) atoms. The summed E-state index contributed by atoms with van der Waals surface area (Å²) in [6.45, 7) is 0.895. The number of thioether (sulfide) groups is 2. The summed E-state index contributed by atoms with van der Waals surface area (Å²) in [5, 5.41) is 2.16. The summed E-state index contributed by atoms with van der Waals surface area (Å²) in [4.78, 5) is 8.49. The van der Waals surface area contributed by atoms with E-state index in [-0.39, 0.29) is 0 Å². The molecule has 3 nitrogen and oxygen atoms in total. The van der Waals surface area contributed by atoms with Crippen molar-refractivity contribution in [2.24, 2.45) is 0 Å². The van der Waals surface area contributed by atoms with Gasteiger partial charge in [-0.2, -0.15) is 0 Å². The van der Waals surface area contributed by atoms with Crippen LogP contribution in [0.1, 0.15) is 12.8 Å². The highest BCUT2D eigenvalue weighted by Gasteiger charge is 2.16. The highest BCUT2D eigenvalue weighted by atomic mass is 35.5. The Kier molecular flexibility index (Phi) is 4.76. The van der Waals surface area contributed by atoms with Crippen LogP contribution in [0.3, 0.4) is 0 Å². The molecule has 0 spiro atoms. The van der Waals surface area contributed by atoms with Gasteiger partial charge in [0.05, 0.1) is 6.10 Å². The van der Waals surface area contributed by atoms with E-state index in [4.69, 9.17) is 16.3 Å². The van der Waals surface area contributed by atoms with Crippen LogP contribution in [0.25, 0.3) is 0 Å². The molecule has 1 unspecified atom stereocenters. The first-order chi connectivity index (χ1) is 7.78. The zero-order valence-electron chi connectivity index (χ0n) is 8.98. The average Bonchev–Trinajstić information content (AvgIpc) is 2.78. The van der Waals surface area contributed by atoms with Crippen molar-refractivity contribution in [3.8, 4) is 0 Å². The van der Waals surface area contributed by atoms with Gasteiger partial charge in [0.1, 0.15) is 10.2 Å². The van der Waals surface area contributed by atoms with Crippen LogP contribution in [-0.4, -0.2) is 34.7 Å². The molecule has 0 amide bonds. The van der Waals surface area contributed by atoms with E-state index in [1.54, 1.807) is 17.8 Å². The molecular weight excluding hydrogens is 264 g/mol. The highest BCUT2D eigenvalue weighted by molar-refractivity contribution is 7.99. The lowest BCUT2D eigenvalue weighted by atomic mass is 10.3. The molecule has 1 aromatic heterocycles. The number of rotatable bonds is 4. The molecular formula is C10H13ClN2OS2. The maximum Gasteiger partial charge on any atom is 0.189 e. The molecule has 0 aliphatic carbocycles. The third kappa shape index (κ3) is 3.52. The Bertz CT molecular complexity index is 359. The largest absolute Gasteiger partial charge is 0.377 e. The van der Waals surface area contributed by atoms with Gasteiger partial charge in [0.15, 0.2) is 5.16 Å². The summed E-state index contributed by atoms with van der Waals surface area (Å²) < 4.78 is 5.56. The van der Waals surface area contributed by atoms with Gasteiger partial charge in [0, 0.05) is 18.4 Å². The molecule has 1 fully saturated rings. The Hall–Kier alpha value is 0.0300. The van der Waals surface area contributed by atoms with E-state index < -0.39 is 0 Å². The maximum absolute atomic E-state index is 5.92. The number of hydrogen-bond donors (Lipinski definition) is 0. The van der Waals surface area contributed by atoms with Gasteiger partial charge in [-0.05, 0) is 19.1 Å². The molecule has 0 bridgehead atoms. The van der Waals surface area contributed by atoms with Crippen molar-refractivity contribution in [1.82, 2.24) is 9.97 Å². The predicted octanol–water partition coefficient (Wildman–Crippen LogP) is 3.12. The van der Waals surface area contributed by atoms with Crippen LogP contribution in [0.15, 0.2) is 16.2 Å². The molecule has 2 rings (SSSR count). The number of ether oxygens (including phenoxy) is 1. The summed E-state index contributed by atoms with van der Waals surface area (Å²) >= 11 is 9.11. The zero-order valence-corrected chi connectivity index (χ0v) is 11.4. The summed E-state index contributed by atoms with van der Waals surface area (Å²) in [5.41, 5.74) is 0. The lowest BCUT2D eigenvalue weighted by Crippen LogP contribution is -2.08. The molecule has 0 aromatic carbocycles. The van der Waals surface area contributed by atoms with Crippen molar-refractivity contribution >= 4 is 35.1 Å². The Labute approximate surface area is 109 Å². The standard InChI is InChI=1S/C10H13ClN2OS2/c1-15-10-12-8(11)5-9(13-10)16-6-7-3-2-4-14-7/h5,7H,2-4,6H2,1H3. The van der Waals surface area contributed by atoms with Gasteiger partial charge in [-0.3, -0.25) is 0 Å². The van der Waals surface area contributed by atoms with Crippen LogP contribution in [0.4, 0.5) is 0 Å². The van der Waals surface area contributed by atoms with E-state index in [1.165, 1.54) is 18.2 Å². The second-order valence-electron chi connectivity index (χ2n) is 3.46. The van der Waals surface area contributed by atoms with Gasteiger partial charge >= 0.3 is 0 Å². The van der Waals surface area contributed by atoms with Crippen LogP contribution in [-0.2, 0) is 4.74 Å². The minimum atomic E-state index is 0.372. The molecule has 1 aromatic rings. The van der Waals surface area contributed by atoms with Gasteiger partial charge in [0.25, 0.3) is 0 Å². The molecule has 0 N–H and O–H groups in total. The second kappa shape index (κ2) is 6.10. The van der Waals surface area contributed by atoms with Gasteiger partial charge in [-0.1, -0.05) is 23.4 Å². The van der Waals surface area contributed by atoms with E-state index in [9.17, 15) is 0 Å². The van der Waals surface area contributed by atoms with Crippen molar-refractivity contribution in [2.75, 3.05) is 18.6 Å². The van der Waals surface area contributed by atoms with Crippen molar-refractivity contribution < 1.29 is 4.74 Å². The van der Waals surface area contributed by atoms with Crippen molar-refractivity contribution in [2.45, 2.75) is 29.1 Å². The first kappa shape index (κ1) is 12.5. The lowest BCUT2D eigenvalue weighted by Gasteiger charge is -2.08. The fourth-order valence-electron chi connectivity index (χ4n) is 1.50. The van der Waals surface area contributed by atoms with E-state index >= 15 is 0 Å². The van der Waals surface area contributed by atoms with Gasteiger partial charge in [0.2, 0.25) is 0 Å². The quantitative estimate of drug-likeness (QED) is 0.480. The molecule has 88 valence electrons. The molecule has 1 aliphatic rings. The Morgan fingerprint density at radius 3 is 3.12 bits per heavy atom. The van der Waals surface area contributed by atoms with Crippen LogP contribution in [0.2, 0.25) is 5.15 Å². The monoisotopic (exact) mass is 276 g/mol. The Morgan fingerprint density at radius 1 is 1.56 bits per heavy atom. The summed E-state index contributed by atoms with van der Waals surface area (Å²) in [6.07, 6.45) is 4.64. The lowest BCUT2D eigenvalue weighted by molar-refractivity contribution is 0.129. The Balaban J connectivity index is 1.94. The number of aromatic nitrogens is 2. The molecule has 1 aliphatic heterocycles. The normalized spacial score (nSPS) is 20.2.